The van der Waals surface area contributed by atoms with E-state index in [4.69, 9.17) is 23.2 Å². The lowest BCUT2D eigenvalue weighted by Gasteiger charge is -2.11. The fraction of sp³-hybridized carbons (Fsp3) is 0.0526. The number of aromatic nitrogens is 1. The van der Waals surface area contributed by atoms with Crippen LogP contribution in [-0.4, -0.2) is 10.9 Å². The minimum atomic E-state index is -0.258. The molecule has 1 heterocycles. The number of nitrogens with zero attached hydrogens (tertiary/aromatic N) is 1. The van der Waals surface area contributed by atoms with Crippen LogP contribution in [0, 0.1) is 6.92 Å². The van der Waals surface area contributed by atoms with E-state index in [-0.39, 0.29) is 5.91 Å². The minimum absolute atomic E-state index is 0.258. The predicted octanol–water partition coefficient (Wildman–Crippen LogP) is 5.69. The zero-order chi connectivity index (χ0) is 17.8. The number of nitrogens with one attached hydrogen (secondary N) is 2. The molecule has 0 saturated heterocycles. The van der Waals surface area contributed by atoms with Crippen LogP contribution >= 0.6 is 23.2 Å². The van der Waals surface area contributed by atoms with Crippen LogP contribution in [0.15, 0.2) is 60.9 Å². The summed E-state index contributed by atoms with van der Waals surface area (Å²) in [5.41, 5.74) is 3.69. The summed E-state index contributed by atoms with van der Waals surface area (Å²) in [6, 6.07) is 14.3. The van der Waals surface area contributed by atoms with Crippen molar-refractivity contribution in [2.45, 2.75) is 6.92 Å². The molecule has 0 fully saturated rings. The number of carbonyl (C=O) groups is 1. The number of rotatable bonds is 4. The maximum Gasteiger partial charge on any atom is 0.257 e. The lowest BCUT2D eigenvalue weighted by atomic mass is 10.2. The van der Waals surface area contributed by atoms with Gasteiger partial charge >= 0.3 is 0 Å². The molecule has 25 heavy (non-hydrogen) atoms. The first kappa shape index (κ1) is 17.3. The summed E-state index contributed by atoms with van der Waals surface area (Å²) in [4.78, 5) is 16.5. The highest BCUT2D eigenvalue weighted by atomic mass is 35.5. The van der Waals surface area contributed by atoms with Gasteiger partial charge in [-0.25, -0.2) is 0 Å². The highest BCUT2D eigenvalue weighted by Crippen LogP contribution is 2.24. The average Bonchev–Trinajstić information content (AvgIpc) is 2.58. The number of hydrogen-bond acceptors (Lipinski definition) is 3. The molecule has 0 atom stereocenters. The molecule has 0 aliphatic carbocycles. The third-order valence-corrected chi connectivity index (χ3v) is 4.02. The molecule has 0 radical (unpaired) electrons. The minimum Gasteiger partial charge on any atom is -0.354 e. The molecule has 0 aliphatic rings. The molecule has 6 heteroatoms. The van der Waals surface area contributed by atoms with E-state index in [2.05, 4.69) is 15.6 Å². The Kier molecular flexibility index (Phi) is 5.22. The van der Waals surface area contributed by atoms with Gasteiger partial charge in [-0.15, -0.1) is 0 Å². The molecule has 0 bridgehead atoms. The smallest absolute Gasteiger partial charge is 0.257 e. The standard InChI is InChI=1S/C19H15Cl2N3O/c1-12-7-15(21)5-6-18(12)23-17-8-13(10-22-11-17)19(25)24-16-4-2-3-14(20)9-16/h2-11,23H,1H3,(H,24,25). The van der Waals surface area contributed by atoms with Crippen LogP contribution in [0.2, 0.25) is 10.0 Å². The van der Waals surface area contributed by atoms with Crippen LogP contribution in [0.3, 0.4) is 0 Å². The molecular weight excluding hydrogens is 357 g/mol. The van der Waals surface area contributed by atoms with E-state index in [0.717, 1.165) is 11.3 Å². The number of benzene rings is 2. The van der Waals surface area contributed by atoms with Gasteiger partial charge in [-0.1, -0.05) is 29.3 Å². The molecule has 1 aromatic heterocycles. The number of carbonyl (C=O) groups excluding carboxylic acids is 1. The van der Waals surface area contributed by atoms with Gasteiger partial charge in [-0.3, -0.25) is 9.78 Å². The second-order valence-electron chi connectivity index (χ2n) is 5.51. The zero-order valence-electron chi connectivity index (χ0n) is 13.4. The van der Waals surface area contributed by atoms with Gasteiger partial charge in [0.05, 0.1) is 17.4 Å². The van der Waals surface area contributed by atoms with Crippen LogP contribution in [0.4, 0.5) is 17.1 Å². The van der Waals surface area contributed by atoms with Crippen molar-refractivity contribution < 1.29 is 4.79 Å². The Balaban J connectivity index is 1.77. The molecule has 126 valence electrons. The van der Waals surface area contributed by atoms with E-state index >= 15 is 0 Å². The van der Waals surface area contributed by atoms with E-state index < -0.39 is 0 Å². The van der Waals surface area contributed by atoms with Crippen molar-refractivity contribution in [1.82, 2.24) is 4.98 Å². The van der Waals surface area contributed by atoms with Crippen molar-refractivity contribution in [3.63, 3.8) is 0 Å². The number of pyridine rings is 1. The average molecular weight is 372 g/mol. The highest BCUT2D eigenvalue weighted by molar-refractivity contribution is 6.31. The molecule has 0 spiro atoms. The largest absolute Gasteiger partial charge is 0.354 e. The van der Waals surface area contributed by atoms with Gasteiger partial charge in [0.2, 0.25) is 0 Å². The molecule has 3 rings (SSSR count). The van der Waals surface area contributed by atoms with Gasteiger partial charge in [0.15, 0.2) is 0 Å². The van der Waals surface area contributed by atoms with Crippen LogP contribution in [0.25, 0.3) is 0 Å². The number of halogens is 2. The van der Waals surface area contributed by atoms with Crippen LogP contribution in [0.1, 0.15) is 15.9 Å². The van der Waals surface area contributed by atoms with Crippen molar-refractivity contribution in [2.75, 3.05) is 10.6 Å². The quantitative estimate of drug-likeness (QED) is 0.618. The van der Waals surface area contributed by atoms with Crippen molar-refractivity contribution in [1.29, 1.82) is 0 Å². The van der Waals surface area contributed by atoms with Crippen molar-refractivity contribution in [2.24, 2.45) is 0 Å². The topological polar surface area (TPSA) is 54.0 Å². The Hall–Kier alpha value is -2.56. The number of hydrogen-bond donors (Lipinski definition) is 2. The number of aryl methyl sites for hydroxylation is 1. The summed E-state index contributed by atoms with van der Waals surface area (Å²) in [7, 11) is 0. The van der Waals surface area contributed by atoms with Gasteiger partial charge in [-0.05, 0) is 55.0 Å². The van der Waals surface area contributed by atoms with Crippen molar-refractivity contribution in [3.8, 4) is 0 Å². The lowest BCUT2D eigenvalue weighted by molar-refractivity contribution is 0.102. The Morgan fingerprint density at radius 3 is 2.52 bits per heavy atom. The normalized spacial score (nSPS) is 10.4. The molecule has 0 unspecified atom stereocenters. The third kappa shape index (κ3) is 4.50. The summed E-state index contributed by atoms with van der Waals surface area (Å²) in [6.45, 7) is 1.96. The molecule has 0 saturated carbocycles. The molecular formula is C19H15Cl2N3O. The molecule has 1 amide bonds. The summed E-state index contributed by atoms with van der Waals surface area (Å²) < 4.78 is 0. The van der Waals surface area contributed by atoms with Gasteiger partial charge in [0.25, 0.3) is 5.91 Å². The highest BCUT2D eigenvalue weighted by Gasteiger charge is 2.09. The first-order valence-corrected chi connectivity index (χ1v) is 8.32. The Bertz CT molecular complexity index is 928. The molecule has 2 N–H and O–H groups in total. The molecule has 0 aliphatic heterocycles. The van der Waals surface area contributed by atoms with Gasteiger partial charge < -0.3 is 10.6 Å². The molecule has 3 aromatic rings. The predicted molar refractivity (Wildman–Crippen MR) is 103 cm³/mol. The Morgan fingerprint density at radius 1 is 0.960 bits per heavy atom. The van der Waals surface area contributed by atoms with Crippen molar-refractivity contribution in [3.05, 3.63) is 82.1 Å². The number of anilines is 3. The molecule has 2 aromatic carbocycles. The maximum absolute atomic E-state index is 12.4. The molecule has 4 nitrogen and oxygen atoms in total. The monoisotopic (exact) mass is 371 g/mol. The van der Waals surface area contributed by atoms with E-state index in [0.29, 0.717) is 27.0 Å². The van der Waals surface area contributed by atoms with Gasteiger partial charge in [0, 0.05) is 27.6 Å². The Morgan fingerprint density at radius 2 is 1.76 bits per heavy atom. The summed E-state index contributed by atoms with van der Waals surface area (Å²) in [6.07, 6.45) is 3.17. The fourth-order valence-corrected chi connectivity index (χ4v) is 2.74. The summed E-state index contributed by atoms with van der Waals surface area (Å²) in [5.74, 6) is -0.258. The number of amides is 1. The first-order chi connectivity index (χ1) is 12.0. The Labute approximate surface area is 155 Å². The van der Waals surface area contributed by atoms with Crippen LogP contribution in [0.5, 0.6) is 0 Å². The maximum atomic E-state index is 12.4. The first-order valence-electron chi connectivity index (χ1n) is 7.56. The van der Waals surface area contributed by atoms with Crippen LogP contribution in [-0.2, 0) is 0 Å². The summed E-state index contributed by atoms with van der Waals surface area (Å²) >= 11 is 11.9. The fourth-order valence-electron chi connectivity index (χ4n) is 2.32. The van der Waals surface area contributed by atoms with E-state index in [1.165, 1.54) is 6.20 Å². The van der Waals surface area contributed by atoms with E-state index in [9.17, 15) is 4.79 Å². The summed E-state index contributed by atoms with van der Waals surface area (Å²) in [5, 5.41) is 7.28. The second-order valence-corrected chi connectivity index (χ2v) is 6.38. The zero-order valence-corrected chi connectivity index (χ0v) is 14.9. The van der Waals surface area contributed by atoms with Gasteiger partial charge in [0.1, 0.15) is 0 Å². The lowest BCUT2D eigenvalue weighted by Crippen LogP contribution is -2.12. The van der Waals surface area contributed by atoms with E-state index in [1.807, 2.05) is 19.1 Å². The van der Waals surface area contributed by atoms with Crippen molar-refractivity contribution >= 4 is 46.2 Å². The third-order valence-electron chi connectivity index (χ3n) is 3.55. The SMILES string of the molecule is Cc1cc(Cl)ccc1Nc1cncc(C(=O)Nc2cccc(Cl)c2)c1. The van der Waals surface area contributed by atoms with E-state index in [1.54, 1.807) is 42.6 Å². The van der Waals surface area contributed by atoms with Crippen LogP contribution < -0.4 is 10.6 Å². The second kappa shape index (κ2) is 7.55. The van der Waals surface area contributed by atoms with Gasteiger partial charge in [-0.2, -0.15) is 0 Å².